The van der Waals surface area contributed by atoms with Crippen LogP contribution in [0, 0.1) is 0 Å². The van der Waals surface area contributed by atoms with Crippen LogP contribution < -0.4 is 5.32 Å². The first kappa shape index (κ1) is 13.7. The van der Waals surface area contributed by atoms with Crippen molar-refractivity contribution in [3.05, 3.63) is 28.8 Å². The van der Waals surface area contributed by atoms with Crippen LogP contribution in [0.1, 0.15) is 36.0 Å². The van der Waals surface area contributed by atoms with Crippen molar-refractivity contribution in [3.63, 3.8) is 0 Å². The first-order chi connectivity index (χ1) is 9.54. The van der Waals surface area contributed by atoms with Crippen LogP contribution in [-0.4, -0.2) is 41.1 Å². The van der Waals surface area contributed by atoms with E-state index >= 15 is 0 Å². The maximum absolute atomic E-state index is 11.1. The summed E-state index contributed by atoms with van der Waals surface area (Å²) in [6.07, 6.45) is 4.80. The van der Waals surface area contributed by atoms with E-state index in [1.54, 1.807) is 12.1 Å². The lowest BCUT2D eigenvalue weighted by atomic mass is 9.97. The van der Waals surface area contributed by atoms with E-state index in [2.05, 4.69) is 17.3 Å². The highest BCUT2D eigenvalue weighted by Gasteiger charge is 2.38. The molecule has 3 rings (SSSR count). The van der Waals surface area contributed by atoms with Gasteiger partial charge in [-0.2, -0.15) is 0 Å². The van der Waals surface area contributed by atoms with Crippen LogP contribution in [0.4, 0.5) is 5.69 Å². The van der Waals surface area contributed by atoms with E-state index in [0.29, 0.717) is 18.1 Å². The zero-order valence-corrected chi connectivity index (χ0v) is 12.2. The highest BCUT2D eigenvalue weighted by atomic mass is 35.5. The lowest BCUT2D eigenvalue weighted by molar-refractivity contribution is 0.0697. The molecule has 2 heterocycles. The number of aromatic carboxylic acids is 1. The van der Waals surface area contributed by atoms with Crippen LogP contribution in [0.15, 0.2) is 18.2 Å². The minimum atomic E-state index is -0.984. The number of nitrogens with one attached hydrogen (secondary N) is 1. The van der Waals surface area contributed by atoms with Crippen molar-refractivity contribution >= 4 is 23.3 Å². The molecule has 1 aromatic carbocycles. The predicted octanol–water partition coefficient (Wildman–Crippen LogP) is 3.08. The Balaban J connectivity index is 1.73. The van der Waals surface area contributed by atoms with Crippen LogP contribution in [0.25, 0.3) is 0 Å². The molecule has 2 unspecified atom stereocenters. The monoisotopic (exact) mass is 294 g/mol. The number of benzene rings is 1. The largest absolute Gasteiger partial charge is 0.478 e. The minimum Gasteiger partial charge on any atom is -0.478 e. The number of halogens is 1. The van der Waals surface area contributed by atoms with Crippen molar-refractivity contribution in [2.75, 3.05) is 12.4 Å². The number of carbonyl (C=O) groups is 1. The summed E-state index contributed by atoms with van der Waals surface area (Å²) in [5.74, 6) is -0.984. The topological polar surface area (TPSA) is 52.6 Å². The third kappa shape index (κ3) is 2.50. The Labute approximate surface area is 123 Å². The third-order valence-electron chi connectivity index (χ3n) is 4.67. The highest BCUT2D eigenvalue weighted by molar-refractivity contribution is 6.33. The molecule has 2 bridgehead atoms. The summed E-state index contributed by atoms with van der Waals surface area (Å²) in [6, 6.07) is 6.89. The Kier molecular flexibility index (Phi) is 3.61. The molecule has 2 fully saturated rings. The fourth-order valence-electron chi connectivity index (χ4n) is 3.54. The second kappa shape index (κ2) is 5.26. The second-order valence-electron chi connectivity index (χ2n) is 5.86. The smallest absolute Gasteiger partial charge is 0.337 e. The highest BCUT2D eigenvalue weighted by Crippen LogP contribution is 2.35. The van der Waals surface area contributed by atoms with Crippen LogP contribution in [0.3, 0.4) is 0 Å². The fraction of sp³-hybridized carbons (Fsp3) is 0.533. The quantitative estimate of drug-likeness (QED) is 0.899. The van der Waals surface area contributed by atoms with Gasteiger partial charge in [0.25, 0.3) is 0 Å². The van der Waals surface area contributed by atoms with Crippen molar-refractivity contribution in [1.82, 2.24) is 4.90 Å². The second-order valence-corrected chi connectivity index (χ2v) is 6.27. The molecular formula is C15H19ClN2O2. The Morgan fingerprint density at radius 3 is 2.60 bits per heavy atom. The summed E-state index contributed by atoms with van der Waals surface area (Å²) in [5, 5.41) is 12.9. The van der Waals surface area contributed by atoms with Gasteiger partial charge in [-0.15, -0.1) is 0 Å². The first-order valence-electron chi connectivity index (χ1n) is 7.06. The van der Waals surface area contributed by atoms with Crippen LogP contribution >= 0.6 is 11.6 Å². The maximum atomic E-state index is 11.1. The van der Waals surface area contributed by atoms with Crippen LogP contribution in [-0.2, 0) is 0 Å². The summed E-state index contributed by atoms with van der Waals surface area (Å²) >= 11 is 5.89. The van der Waals surface area contributed by atoms with Gasteiger partial charge in [-0.1, -0.05) is 11.6 Å². The Hall–Kier alpha value is -1.26. The van der Waals surface area contributed by atoms with Gasteiger partial charge in [0, 0.05) is 23.8 Å². The molecule has 5 heteroatoms. The van der Waals surface area contributed by atoms with Gasteiger partial charge in [-0.05, 0) is 50.9 Å². The lowest BCUT2D eigenvalue weighted by Gasteiger charge is -2.37. The average Bonchev–Trinajstić information content (AvgIpc) is 2.63. The summed E-state index contributed by atoms with van der Waals surface area (Å²) in [4.78, 5) is 13.6. The first-order valence-corrected chi connectivity index (χ1v) is 7.43. The summed E-state index contributed by atoms with van der Waals surface area (Å²) < 4.78 is 0. The van der Waals surface area contributed by atoms with E-state index in [4.69, 9.17) is 16.7 Å². The van der Waals surface area contributed by atoms with E-state index in [9.17, 15) is 4.79 Å². The Morgan fingerprint density at radius 2 is 2.00 bits per heavy atom. The van der Waals surface area contributed by atoms with E-state index in [-0.39, 0.29) is 10.6 Å². The van der Waals surface area contributed by atoms with E-state index in [0.717, 1.165) is 18.5 Å². The summed E-state index contributed by atoms with van der Waals surface area (Å²) in [5.41, 5.74) is 1.01. The van der Waals surface area contributed by atoms with Gasteiger partial charge in [0.1, 0.15) is 0 Å². The molecule has 108 valence electrons. The van der Waals surface area contributed by atoms with E-state index in [1.165, 1.54) is 12.8 Å². The van der Waals surface area contributed by atoms with Gasteiger partial charge in [-0.3, -0.25) is 0 Å². The number of carboxylic acid groups (broad SMARTS) is 1. The minimum absolute atomic E-state index is 0.160. The van der Waals surface area contributed by atoms with E-state index < -0.39 is 5.97 Å². The summed E-state index contributed by atoms with van der Waals surface area (Å²) in [6.45, 7) is 0. The number of fused-ring (bicyclic) bond motifs is 2. The molecule has 2 atom stereocenters. The van der Waals surface area contributed by atoms with Gasteiger partial charge in [-0.25, -0.2) is 4.79 Å². The number of piperidine rings is 1. The molecule has 0 aromatic heterocycles. The standard InChI is InChI=1S/C15H19ClN2O2/c1-18-11-3-4-12(18)7-10(6-11)17-9-2-5-14(16)13(8-9)15(19)20/h2,5,8,10-12,17H,3-4,6-7H2,1H3,(H,19,20). The molecule has 0 radical (unpaired) electrons. The van der Waals surface area contributed by atoms with Crippen LogP contribution in [0.2, 0.25) is 5.02 Å². The van der Waals surface area contributed by atoms with Crippen LogP contribution in [0.5, 0.6) is 0 Å². The molecule has 0 amide bonds. The summed E-state index contributed by atoms with van der Waals surface area (Å²) in [7, 11) is 2.21. The SMILES string of the molecule is CN1C2CCC1CC(Nc1ccc(Cl)c(C(=O)O)c1)C2. The third-order valence-corrected chi connectivity index (χ3v) is 5.00. The van der Waals surface area contributed by atoms with Crippen molar-refractivity contribution < 1.29 is 9.90 Å². The number of anilines is 1. The molecule has 2 aliphatic rings. The molecular weight excluding hydrogens is 276 g/mol. The van der Waals surface area contributed by atoms with Crippen molar-refractivity contribution in [2.45, 2.75) is 43.8 Å². The maximum Gasteiger partial charge on any atom is 0.337 e. The number of nitrogens with zero attached hydrogens (tertiary/aromatic N) is 1. The zero-order valence-electron chi connectivity index (χ0n) is 11.5. The molecule has 0 spiro atoms. The molecule has 0 aliphatic carbocycles. The number of hydrogen-bond donors (Lipinski definition) is 2. The van der Waals surface area contributed by atoms with Crippen molar-refractivity contribution in [3.8, 4) is 0 Å². The molecule has 0 saturated carbocycles. The van der Waals surface area contributed by atoms with Gasteiger partial charge in [0.05, 0.1) is 10.6 Å². The average molecular weight is 295 g/mol. The number of carboxylic acids is 1. The van der Waals surface area contributed by atoms with Crippen molar-refractivity contribution in [1.29, 1.82) is 0 Å². The normalized spacial score (nSPS) is 29.4. The predicted molar refractivity (Wildman–Crippen MR) is 79.6 cm³/mol. The molecule has 1 aromatic rings. The Bertz CT molecular complexity index is 521. The van der Waals surface area contributed by atoms with E-state index in [1.807, 2.05) is 6.07 Å². The van der Waals surface area contributed by atoms with Gasteiger partial charge in [0.2, 0.25) is 0 Å². The molecule has 2 saturated heterocycles. The zero-order chi connectivity index (χ0) is 14.3. The molecule has 20 heavy (non-hydrogen) atoms. The lowest BCUT2D eigenvalue weighted by Crippen LogP contribution is -2.44. The number of hydrogen-bond acceptors (Lipinski definition) is 3. The van der Waals surface area contributed by atoms with Gasteiger partial charge < -0.3 is 15.3 Å². The molecule has 2 N–H and O–H groups in total. The number of rotatable bonds is 3. The Morgan fingerprint density at radius 1 is 1.35 bits per heavy atom. The van der Waals surface area contributed by atoms with Crippen molar-refractivity contribution in [2.24, 2.45) is 0 Å². The molecule has 4 nitrogen and oxygen atoms in total. The molecule has 2 aliphatic heterocycles. The fourth-order valence-corrected chi connectivity index (χ4v) is 3.74. The van der Waals surface area contributed by atoms with Gasteiger partial charge in [0.15, 0.2) is 0 Å². The van der Waals surface area contributed by atoms with Gasteiger partial charge >= 0.3 is 5.97 Å².